The fourth-order valence-electron chi connectivity index (χ4n) is 2.08. The maximum absolute atomic E-state index is 4.32. The Hall–Kier alpha value is -1.31. The molecule has 0 aliphatic heterocycles. The molecule has 0 aliphatic carbocycles. The summed E-state index contributed by atoms with van der Waals surface area (Å²) >= 11 is 0. The number of hydrogen-bond donors (Lipinski definition) is 1. The van der Waals surface area contributed by atoms with Crippen LogP contribution in [0.25, 0.3) is 11.0 Å². The molecular weight excluding hydrogens is 184 g/mol. The van der Waals surface area contributed by atoms with Crippen LogP contribution in [0.15, 0.2) is 24.4 Å². The quantitative estimate of drug-likeness (QED) is 0.808. The second-order valence-corrected chi connectivity index (χ2v) is 4.76. The van der Waals surface area contributed by atoms with Gasteiger partial charge in [0, 0.05) is 22.7 Å². The maximum Gasteiger partial charge on any atom is 0.137 e. The zero-order chi connectivity index (χ0) is 10.9. The lowest BCUT2D eigenvalue weighted by atomic mass is 9.85. The lowest BCUT2D eigenvalue weighted by Gasteiger charge is -2.22. The Kier molecular flexibility index (Phi) is 2.51. The van der Waals surface area contributed by atoms with E-state index in [0.29, 0.717) is 0 Å². The van der Waals surface area contributed by atoms with E-state index < -0.39 is 0 Å². The molecule has 2 aromatic rings. The van der Waals surface area contributed by atoms with Gasteiger partial charge in [-0.3, -0.25) is 0 Å². The van der Waals surface area contributed by atoms with Crippen molar-refractivity contribution in [2.45, 2.75) is 39.0 Å². The van der Waals surface area contributed by atoms with Gasteiger partial charge in [0.25, 0.3) is 0 Å². The van der Waals surface area contributed by atoms with Crippen LogP contribution >= 0.6 is 0 Å². The van der Waals surface area contributed by atoms with Gasteiger partial charge in [-0.05, 0) is 24.6 Å². The molecule has 0 saturated carbocycles. The molecule has 1 N–H and O–H groups in total. The predicted octanol–water partition coefficient (Wildman–Crippen LogP) is 3.64. The van der Waals surface area contributed by atoms with Crippen LogP contribution in [0.1, 0.15) is 39.3 Å². The van der Waals surface area contributed by atoms with Crippen LogP contribution in [-0.2, 0) is 5.41 Å². The molecule has 2 heteroatoms. The van der Waals surface area contributed by atoms with Gasteiger partial charge in [-0.1, -0.05) is 27.2 Å². The molecular formula is C13H18N2. The summed E-state index contributed by atoms with van der Waals surface area (Å²) in [6, 6.07) is 6.30. The van der Waals surface area contributed by atoms with E-state index in [4.69, 9.17) is 0 Å². The Labute approximate surface area is 90.7 Å². The number of pyridine rings is 1. The summed E-state index contributed by atoms with van der Waals surface area (Å²) in [5, 5.41) is 1.21. The molecule has 80 valence electrons. The molecule has 2 rings (SSSR count). The molecule has 2 aromatic heterocycles. The number of aromatic nitrogens is 2. The van der Waals surface area contributed by atoms with Crippen molar-refractivity contribution in [1.29, 1.82) is 0 Å². The Morgan fingerprint density at radius 3 is 2.87 bits per heavy atom. The Bertz CT molecular complexity index is 421. The molecule has 2 heterocycles. The molecule has 0 saturated heterocycles. The highest BCUT2D eigenvalue weighted by Crippen LogP contribution is 2.29. The molecule has 0 amide bonds. The highest BCUT2D eigenvalue weighted by molar-refractivity contribution is 5.76. The minimum absolute atomic E-state index is 0.218. The third-order valence-electron chi connectivity index (χ3n) is 3.00. The number of fused-ring (bicyclic) bond motifs is 1. The number of nitrogens with one attached hydrogen (secondary N) is 1. The number of aromatic amines is 1. The topological polar surface area (TPSA) is 28.7 Å². The first-order valence-corrected chi connectivity index (χ1v) is 5.58. The van der Waals surface area contributed by atoms with E-state index in [1.54, 1.807) is 0 Å². The first-order valence-electron chi connectivity index (χ1n) is 5.58. The molecule has 0 unspecified atom stereocenters. The first-order chi connectivity index (χ1) is 7.13. The van der Waals surface area contributed by atoms with E-state index in [2.05, 4.69) is 42.9 Å². The SMILES string of the molecule is CCCC(C)(C)c1cc2cccnc2[nH]1. The second-order valence-electron chi connectivity index (χ2n) is 4.76. The average Bonchev–Trinajstić information content (AvgIpc) is 2.61. The van der Waals surface area contributed by atoms with E-state index >= 15 is 0 Å². The van der Waals surface area contributed by atoms with Gasteiger partial charge in [0.2, 0.25) is 0 Å². The van der Waals surface area contributed by atoms with E-state index in [1.807, 2.05) is 12.3 Å². The zero-order valence-electron chi connectivity index (χ0n) is 9.67. The van der Waals surface area contributed by atoms with Crippen molar-refractivity contribution >= 4 is 11.0 Å². The maximum atomic E-state index is 4.32. The summed E-state index contributed by atoms with van der Waals surface area (Å²) in [7, 11) is 0. The van der Waals surface area contributed by atoms with Crippen molar-refractivity contribution in [2.75, 3.05) is 0 Å². The van der Waals surface area contributed by atoms with Crippen molar-refractivity contribution in [2.24, 2.45) is 0 Å². The third-order valence-corrected chi connectivity index (χ3v) is 3.00. The van der Waals surface area contributed by atoms with Gasteiger partial charge < -0.3 is 4.98 Å². The molecule has 0 aromatic carbocycles. The highest BCUT2D eigenvalue weighted by atomic mass is 14.9. The molecule has 0 atom stereocenters. The second kappa shape index (κ2) is 3.69. The standard InChI is InChI=1S/C13H18N2/c1-4-7-13(2,3)11-9-10-6-5-8-14-12(10)15-11/h5-6,8-9H,4,7H2,1-3H3,(H,14,15). The first kappa shape index (κ1) is 10.2. The van der Waals surface area contributed by atoms with Crippen LogP contribution in [0.2, 0.25) is 0 Å². The van der Waals surface area contributed by atoms with Crippen molar-refractivity contribution in [3.05, 3.63) is 30.1 Å². The number of H-pyrrole nitrogens is 1. The van der Waals surface area contributed by atoms with Gasteiger partial charge >= 0.3 is 0 Å². The van der Waals surface area contributed by atoms with E-state index in [9.17, 15) is 0 Å². The van der Waals surface area contributed by atoms with Crippen LogP contribution in [0.3, 0.4) is 0 Å². The number of rotatable bonds is 3. The normalized spacial score (nSPS) is 12.2. The Morgan fingerprint density at radius 2 is 2.20 bits per heavy atom. The summed E-state index contributed by atoms with van der Waals surface area (Å²) in [4.78, 5) is 7.73. The van der Waals surface area contributed by atoms with Crippen molar-refractivity contribution < 1.29 is 0 Å². The van der Waals surface area contributed by atoms with Crippen LogP contribution in [0, 0.1) is 0 Å². The van der Waals surface area contributed by atoms with Crippen LogP contribution in [0.4, 0.5) is 0 Å². The Morgan fingerprint density at radius 1 is 1.40 bits per heavy atom. The van der Waals surface area contributed by atoms with Crippen LogP contribution in [-0.4, -0.2) is 9.97 Å². The largest absolute Gasteiger partial charge is 0.343 e. The van der Waals surface area contributed by atoms with Gasteiger partial charge in [-0.25, -0.2) is 4.98 Å². The van der Waals surface area contributed by atoms with Gasteiger partial charge in [-0.15, -0.1) is 0 Å². The minimum atomic E-state index is 0.218. The van der Waals surface area contributed by atoms with E-state index in [-0.39, 0.29) is 5.41 Å². The third kappa shape index (κ3) is 1.89. The fourth-order valence-corrected chi connectivity index (χ4v) is 2.08. The molecule has 2 nitrogen and oxygen atoms in total. The van der Waals surface area contributed by atoms with Crippen molar-refractivity contribution in [3.63, 3.8) is 0 Å². The molecule has 15 heavy (non-hydrogen) atoms. The Balaban J connectivity index is 2.44. The number of nitrogens with zero attached hydrogens (tertiary/aromatic N) is 1. The lowest BCUT2D eigenvalue weighted by molar-refractivity contribution is 0.462. The van der Waals surface area contributed by atoms with E-state index in [1.165, 1.54) is 23.9 Å². The molecule has 0 bridgehead atoms. The lowest BCUT2D eigenvalue weighted by Crippen LogP contribution is -2.16. The predicted molar refractivity (Wildman–Crippen MR) is 64.0 cm³/mol. The summed E-state index contributed by atoms with van der Waals surface area (Å²) in [5.41, 5.74) is 2.50. The fraction of sp³-hybridized carbons (Fsp3) is 0.462. The van der Waals surface area contributed by atoms with Gasteiger partial charge in [0.05, 0.1) is 0 Å². The smallest absolute Gasteiger partial charge is 0.137 e. The van der Waals surface area contributed by atoms with Gasteiger partial charge in [-0.2, -0.15) is 0 Å². The molecule has 0 fully saturated rings. The molecule has 0 aliphatic rings. The van der Waals surface area contributed by atoms with Crippen molar-refractivity contribution in [3.8, 4) is 0 Å². The molecule has 0 spiro atoms. The molecule has 0 radical (unpaired) electrons. The number of hydrogen-bond acceptors (Lipinski definition) is 1. The summed E-state index contributed by atoms with van der Waals surface area (Å²) in [6.07, 6.45) is 4.23. The van der Waals surface area contributed by atoms with Crippen LogP contribution in [0.5, 0.6) is 0 Å². The summed E-state index contributed by atoms with van der Waals surface area (Å²) < 4.78 is 0. The summed E-state index contributed by atoms with van der Waals surface area (Å²) in [5.74, 6) is 0. The zero-order valence-corrected chi connectivity index (χ0v) is 9.67. The van der Waals surface area contributed by atoms with Crippen LogP contribution < -0.4 is 0 Å². The average molecular weight is 202 g/mol. The minimum Gasteiger partial charge on any atom is -0.343 e. The van der Waals surface area contributed by atoms with E-state index in [0.717, 1.165) is 5.65 Å². The van der Waals surface area contributed by atoms with Crippen molar-refractivity contribution in [1.82, 2.24) is 9.97 Å². The van der Waals surface area contributed by atoms with Gasteiger partial charge in [0.15, 0.2) is 0 Å². The monoisotopic (exact) mass is 202 g/mol. The highest BCUT2D eigenvalue weighted by Gasteiger charge is 2.21. The van der Waals surface area contributed by atoms with Gasteiger partial charge in [0.1, 0.15) is 5.65 Å². The summed E-state index contributed by atoms with van der Waals surface area (Å²) in [6.45, 7) is 6.78.